The summed E-state index contributed by atoms with van der Waals surface area (Å²) in [6.45, 7) is 13.1. The minimum absolute atomic E-state index is 0.00684. The predicted octanol–water partition coefficient (Wildman–Crippen LogP) is 5.02. The van der Waals surface area contributed by atoms with E-state index in [0.29, 0.717) is 39.2 Å². The summed E-state index contributed by atoms with van der Waals surface area (Å²) in [5.74, 6) is 6.63. The average molecular weight is 499 g/mol. The van der Waals surface area contributed by atoms with Crippen molar-refractivity contribution in [3.8, 4) is 17.9 Å². The Bertz CT molecular complexity index is 1700. The molecular formula is C28H22N2O5S. The van der Waals surface area contributed by atoms with Crippen molar-refractivity contribution in [1.82, 2.24) is 0 Å². The zero-order valence-electron chi connectivity index (χ0n) is 20.0. The van der Waals surface area contributed by atoms with Crippen LogP contribution in [-0.2, 0) is 20.3 Å². The van der Waals surface area contributed by atoms with Crippen LogP contribution in [0.5, 0.6) is 0 Å². The van der Waals surface area contributed by atoms with Gasteiger partial charge in [0.25, 0.3) is 5.70 Å². The zero-order chi connectivity index (χ0) is 26.1. The lowest BCUT2D eigenvalue weighted by Crippen LogP contribution is -2.15. The Hall–Kier alpha value is -4.32. The van der Waals surface area contributed by atoms with Crippen molar-refractivity contribution in [3.63, 3.8) is 0 Å². The molecule has 0 bridgehead atoms. The average Bonchev–Trinajstić information content (AvgIpc) is 2.80. The maximum atomic E-state index is 12.7. The predicted molar refractivity (Wildman–Crippen MR) is 136 cm³/mol. The van der Waals surface area contributed by atoms with E-state index in [4.69, 9.17) is 15.7 Å². The molecule has 0 spiro atoms. The number of nitrogens with zero attached hydrogens (tertiary/aromatic N) is 2. The first kappa shape index (κ1) is 24.8. The second kappa shape index (κ2) is 9.38. The summed E-state index contributed by atoms with van der Waals surface area (Å²) in [6.07, 6.45) is 6.59. The highest BCUT2D eigenvalue weighted by molar-refractivity contribution is 7.90. The molecule has 1 aromatic carbocycles. The lowest BCUT2D eigenvalue weighted by molar-refractivity contribution is 0.223. The number of fused-ring (bicyclic) bond motifs is 2. The molecule has 2 aliphatic heterocycles. The maximum Gasteiger partial charge on any atom is 0.343 e. The van der Waals surface area contributed by atoms with Crippen LogP contribution in [0.1, 0.15) is 43.9 Å². The molecule has 3 heterocycles. The number of hydrogen-bond acceptors (Lipinski definition) is 6. The minimum atomic E-state index is -3.29. The van der Waals surface area contributed by atoms with Crippen LogP contribution in [-0.4, -0.2) is 14.2 Å². The van der Waals surface area contributed by atoms with Crippen molar-refractivity contribution in [3.05, 3.63) is 97.7 Å². The van der Waals surface area contributed by atoms with E-state index in [1.807, 2.05) is 26.8 Å². The molecule has 4 rings (SSSR count). The summed E-state index contributed by atoms with van der Waals surface area (Å²) in [7, 11) is -3.29. The van der Waals surface area contributed by atoms with Gasteiger partial charge in [0.1, 0.15) is 17.1 Å². The van der Waals surface area contributed by atoms with E-state index in [2.05, 4.69) is 16.7 Å². The minimum Gasteiger partial charge on any atom is -0.461 e. The molecule has 2 aliphatic rings. The fourth-order valence-electron chi connectivity index (χ4n) is 3.69. The molecule has 180 valence electrons. The van der Waals surface area contributed by atoms with Gasteiger partial charge in [0.05, 0.1) is 29.7 Å². The molecule has 1 aromatic heterocycles. The molecule has 0 N–H and O–H groups in total. The third kappa shape index (κ3) is 5.33. The summed E-state index contributed by atoms with van der Waals surface area (Å²) in [6, 6.07) is 6.81. The molecule has 0 saturated heterocycles. The highest BCUT2D eigenvalue weighted by Crippen LogP contribution is 2.34. The molecule has 0 fully saturated rings. The van der Waals surface area contributed by atoms with Crippen LogP contribution in [0.4, 0.5) is 0 Å². The van der Waals surface area contributed by atoms with Crippen molar-refractivity contribution >= 4 is 26.9 Å². The molecule has 2 aromatic rings. The molecular weight excluding hydrogens is 476 g/mol. The fourth-order valence-corrected chi connectivity index (χ4v) is 4.96. The molecule has 0 radical (unpaired) electrons. The van der Waals surface area contributed by atoms with E-state index < -0.39 is 15.5 Å². The van der Waals surface area contributed by atoms with Gasteiger partial charge in [-0.15, -0.1) is 0 Å². The van der Waals surface area contributed by atoms with Gasteiger partial charge >= 0.3 is 5.63 Å². The highest BCUT2D eigenvalue weighted by atomic mass is 32.2. The number of benzene rings is 1. The van der Waals surface area contributed by atoms with E-state index in [1.165, 1.54) is 6.08 Å². The zero-order valence-corrected chi connectivity index (χ0v) is 20.8. The SMILES string of the molecule is [C-]#[N+]/C(C#N)=C1C=C(/C=C/c2cc3cc4c(cc3oc2=O)C#CCCS(=O)(=O)C4)OC(C(C)(C)C)=C/1. The Morgan fingerprint density at radius 3 is 2.69 bits per heavy atom. The summed E-state index contributed by atoms with van der Waals surface area (Å²) >= 11 is 0. The highest BCUT2D eigenvalue weighted by Gasteiger charge is 2.24. The summed E-state index contributed by atoms with van der Waals surface area (Å²) in [5.41, 5.74) is 1.04. The van der Waals surface area contributed by atoms with Crippen molar-refractivity contribution in [1.29, 1.82) is 5.26 Å². The first-order valence-electron chi connectivity index (χ1n) is 11.1. The fraction of sp³-hybridized carbons (Fsp3) is 0.250. The molecule has 7 nitrogen and oxygen atoms in total. The molecule has 0 amide bonds. The number of hydrogen-bond donors (Lipinski definition) is 0. The number of ether oxygens (including phenoxy) is 1. The van der Waals surface area contributed by atoms with Crippen LogP contribution < -0.4 is 5.63 Å². The molecule has 36 heavy (non-hydrogen) atoms. The van der Waals surface area contributed by atoms with Crippen LogP contribution in [0.25, 0.3) is 21.9 Å². The second-order valence-electron chi connectivity index (χ2n) is 9.45. The first-order chi connectivity index (χ1) is 17.0. The third-order valence-corrected chi connectivity index (χ3v) is 7.17. The van der Waals surface area contributed by atoms with Crippen molar-refractivity contribution in [2.45, 2.75) is 32.9 Å². The smallest absolute Gasteiger partial charge is 0.343 e. The summed E-state index contributed by atoms with van der Waals surface area (Å²) in [4.78, 5) is 16.0. The largest absolute Gasteiger partial charge is 0.461 e. The number of rotatable bonds is 2. The van der Waals surface area contributed by atoms with Crippen molar-refractivity contribution in [2.24, 2.45) is 5.41 Å². The van der Waals surface area contributed by atoms with Gasteiger partial charge in [-0.3, -0.25) is 0 Å². The number of allylic oxidation sites excluding steroid dienone is 6. The van der Waals surface area contributed by atoms with Gasteiger partial charge in [0.2, 0.25) is 0 Å². The lowest BCUT2D eigenvalue weighted by Gasteiger charge is -2.26. The van der Waals surface area contributed by atoms with E-state index >= 15 is 0 Å². The Kier molecular flexibility index (Phi) is 6.46. The molecule has 0 unspecified atom stereocenters. The Labute approximate surface area is 209 Å². The van der Waals surface area contributed by atoms with Crippen LogP contribution in [0.3, 0.4) is 0 Å². The topological polar surface area (TPSA) is 102 Å². The van der Waals surface area contributed by atoms with E-state index in [9.17, 15) is 18.5 Å². The van der Waals surface area contributed by atoms with Gasteiger partial charge in [0, 0.05) is 22.8 Å². The Morgan fingerprint density at radius 2 is 2.00 bits per heavy atom. The lowest BCUT2D eigenvalue weighted by atomic mass is 9.91. The van der Waals surface area contributed by atoms with Gasteiger partial charge in [-0.2, -0.15) is 0 Å². The number of sulfone groups is 1. The van der Waals surface area contributed by atoms with E-state index in [0.717, 1.165) is 0 Å². The van der Waals surface area contributed by atoms with Gasteiger partial charge < -0.3 is 9.15 Å². The molecule has 0 saturated carbocycles. The van der Waals surface area contributed by atoms with Gasteiger partial charge in [0.15, 0.2) is 9.84 Å². The van der Waals surface area contributed by atoms with E-state index in [1.54, 1.807) is 36.4 Å². The van der Waals surface area contributed by atoms with Gasteiger partial charge in [-0.05, 0) is 53.6 Å². The van der Waals surface area contributed by atoms with Crippen molar-refractivity contribution < 1.29 is 17.6 Å². The molecule has 0 atom stereocenters. The molecule has 0 aliphatic carbocycles. The van der Waals surface area contributed by atoms with Crippen molar-refractivity contribution in [2.75, 3.05) is 5.75 Å². The van der Waals surface area contributed by atoms with E-state index in [-0.39, 0.29) is 34.6 Å². The van der Waals surface area contributed by atoms with Gasteiger partial charge in [-0.1, -0.05) is 32.6 Å². The number of nitriles is 1. The van der Waals surface area contributed by atoms with Crippen LogP contribution in [0.2, 0.25) is 0 Å². The summed E-state index contributed by atoms with van der Waals surface area (Å²) in [5, 5.41) is 9.88. The quantitative estimate of drug-likeness (QED) is 0.249. The second-order valence-corrected chi connectivity index (χ2v) is 11.6. The van der Waals surface area contributed by atoms with Crippen LogP contribution in [0, 0.1) is 35.2 Å². The van der Waals surface area contributed by atoms with Crippen LogP contribution in [0.15, 0.2) is 68.4 Å². The normalized spacial score (nSPS) is 18.2. The Balaban J connectivity index is 1.76. The summed E-state index contributed by atoms with van der Waals surface area (Å²) < 4.78 is 36.1. The van der Waals surface area contributed by atoms with Gasteiger partial charge in [-0.25, -0.2) is 23.3 Å². The standard InChI is InChI=1S/C28H22N2O5S/c1-28(2,3)26-15-20(24(16-29)30-4)13-23(34-26)9-8-19-11-21-12-22-17-36(32,33)10-6-5-7-18(22)14-25(21)35-27(19)31/h8-9,11-15H,6,10,17H2,1-3H3/b9-8+,24-20-. The monoisotopic (exact) mass is 498 g/mol. The third-order valence-electron chi connectivity index (χ3n) is 5.59. The maximum absolute atomic E-state index is 12.7. The van der Waals surface area contributed by atoms with Crippen LogP contribution >= 0.6 is 0 Å². The first-order valence-corrected chi connectivity index (χ1v) is 12.9. The Morgan fingerprint density at radius 1 is 1.22 bits per heavy atom. The molecule has 8 heteroatoms.